The summed E-state index contributed by atoms with van der Waals surface area (Å²) in [6, 6.07) is 8.12. The Morgan fingerprint density at radius 1 is 1.37 bits per heavy atom. The number of carbonyl (C=O) groups excluding carboxylic acids is 1. The van der Waals surface area contributed by atoms with Gasteiger partial charge in [0.05, 0.1) is 11.1 Å². The number of nitrogens with one attached hydrogen (secondary N) is 1. The molecule has 0 aliphatic carbocycles. The zero-order valence-corrected chi connectivity index (χ0v) is 12.1. The molecule has 1 fully saturated rings. The van der Waals surface area contributed by atoms with E-state index >= 15 is 0 Å². The van der Waals surface area contributed by atoms with Gasteiger partial charge in [0, 0.05) is 35.1 Å². The van der Waals surface area contributed by atoms with Crippen LogP contribution in [0.3, 0.4) is 0 Å². The van der Waals surface area contributed by atoms with Crippen molar-refractivity contribution in [1.29, 1.82) is 0 Å². The maximum absolute atomic E-state index is 12.8. The van der Waals surface area contributed by atoms with Gasteiger partial charge in [-0.25, -0.2) is 0 Å². The van der Waals surface area contributed by atoms with Crippen LogP contribution in [-0.2, 0) is 0 Å². The van der Waals surface area contributed by atoms with Crippen LogP contribution in [0.5, 0.6) is 0 Å². The molecule has 3 rings (SSSR count). The van der Waals surface area contributed by atoms with E-state index in [2.05, 4.69) is 25.2 Å². The van der Waals surface area contributed by atoms with Crippen molar-refractivity contribution in [3.05, 3.63) is 35.2 Å². The van der Waals surface area contributed by atoms with E-state index < -0.39 is 0 Å². The molecule has 1 amide bonds. The molecule has 0 spiro atoms. The third-order valence-electron chi connectivity index (χ3n) is 3.76. The van der Waals surface area contributed by atoms with E-state index in [4.69, 9.17) is 0 Å². The van der Waals surface area contributed by atoms with Crippen molar-refractivity contribution < 1.29 is 4.79 Å². The Hall–Kier alpha value is -1.39. The zero-order chi connectivity index (χ0) is 13.5. The molecule has 4 heteroatoms. The number of nitrogens with zero attached hydrogens (tertiary/aromatic N) is 1. The van der Waals surface area contributed by atoms with Crippen LogP contribution < -0.4 is 5.32 Å². The molecular formula is C15H18N2OS. The Morgan fingerprint density at radius 2 is 2.16 bits per heavy atom. The van der Waals surface area contributed by atoms with Crippen LogP contribution in [0.25, 0.3) is 10.1 Å². The van der Waals surface area contributed by atoms with E-state index in [9.17, 15) is 4.79 Å². The van der Waals surface area contributed by atoms with Crippen molar-refractivity contribution >= 4 is 27.3 Å². The summed E-state index contributed by atoms with van der Waals surface area (Å²) in [6.07, 6.45) is 0. The normalized spacial score (nSPS) is 18.7. The summed E-state index contributed by atoms with van der Waals surface area (Å²) < 4.78 is 1.18. The second-order valence-corrected chi connectivity index (χ2v) is 6.50. The topological polar surface area (TPSA) is 32.3 Å². The van der Waals surface area contributed by atoms with Gasteiger partial charge in [-0.3, -0.25) is 4.79 Å². The molecular weight excluding hydrogens is 256 g/mol. The molecule has 0 bridgehead atoms. The van der Waals surface area contributed by atoms with Crippen LogP contribution in [0.1, 0.15) is 24.2 Å². The molecule has 0 atom stereocenters. The molecule has 1 aromatic carbocycles. The van der Waals surface area contributed by atoms with Crippen molar-refractivity contribution in [2.45, 2.75) is 19.4 Å². The minimum absolute atomic E-state index is 0.127. The monoisotopic (exact) mass is 274 g/mol. The highest BCUT2D eigenvalue weighted by molar-refractivity contribution is 7.17. The Labute approximate surface area is 117 Å². The van der Waals surface area contributed by atoms with E-state index in [1.165, 1.54) is 4.70 Å². The highest BCUT2D eigenvalue weighted by Gasteiger charge is 2.34. The lowest BCUT2D eigenvalue weighted by molar-refractivity contribution is 0.0480. The fourth-order valence-electron chi connectivity index (χ4n) is 2.65. The molecule has 1 aromatic heterocycles. The van der Waals surface area contributed by atoms with E-state index in [0.29, 0.717) is 0 Å². The molecule has 3 nitrogen and oxygen atoms in total. The summed E-state index contributed by atoms with van der Waals surface area (Å²) >= 11 is 1.64. The number of carbonyl (C=O) groups is 1. The van der Waals surface area contributed by atoms with Gasteiger partial charge in [0.15, 0.2) is 0 Å². The SMILES string of the molecule is CC1(C)CNCCN1C(=O)c1csc2ccccc12. The lowest BCUT2D eigenvalue weighted by atomic mass is 9.98. The summed E-state index contributed by atoms with van der Waals surface area (Å²) in [6.45, 7) is 6.73. The maximum atomic E-state index is 12.8. The van der Waals surface area contributed by atoms with Crippen molar-refractivity contribution in [2.24, 2.45) is 0 Å². The fraction of sp³-hybridized carbons (Fsp3) is 0.400. The predicted molar refractivity (Wildman–Crippen MR) is 79.8 cm³/mol. The van der Waals surface area contributed by atoms with Gasteiger partial charge >= 0.3 is 0 Å². The first-order valence-electron chi connectivity index (χ1n) is 6.58. The lowest BCUT2D eigenvalue weighted by Crippen LogP contribution is -2.59. The van der Waals surface area contributed by atoms with Crippen LogP contribution in [0, 0.1) is 0 Å². The summed E-state index contributed by atoms with van der Waals surface area (Å²) in [4.78, 5) is 14.8. The number of amides is 1. The number of piperazine rings is 1. The van der Waals surface area contributed by atoms with Crippen molar-refractivity contribution in [1.82, 2.24) is 10.2 Å². The third kappa shape index (κ3) is 2.15. The van der Waals surface area contributed by atoms with Crippen molar-refractivity contribution in [2.75, 3.05) is 19.6 Å². The van der Waals surface area contributed by atoms with Gasteiger partial charge in [-0.2, -0.15) is 0 Å². The Bertz CT molecular complexity index is 617. The van der Waals surface area contributed by atoms with Gasteiger partial charge < -0.3 is 10.2 Å². The Kier molecular flexibility index (Phi) is 3.07. The number of benzene rings is 1. The molecule has 0 saturated carbocycles. The number of rotatable bonds is 1. The summed E-state index contributed by atoms with van der Waals surface area (Å²) in [5.41, 5.74) is 0.717. The maximum Gasteiger partial charge on any atom is 0.255 e. The molecule has 2 heterocycles. The van der Waals surface area contributed by atoms with Gasteiger partial charge in [0.25, 0.3) is 5.91 Å². The lowest BCUT2D eigenvalue weighted by Gasteiger charge is -2.42. The first kappa shape index (κ1) is 12.6. The standard InChI is InChI=1S/C15H18N2OS/c1-15(2)10-16-7-8-17(15)14(18)12-9-19-13-6-4-3-5-11(12)13/h3-6,9,16H,7-8,10H2,1-2H3. The highest BCUT2D eigenvalue weighted by atomic mass is 32.1. The van der Waals surface area contributed by atoms with E-state index in [0.717, 1.165) is 30.6 Å². The number of fused-ring (bicyclic) bond motifs is 1. The van der Waals surface area contributed by atoms with Crippen molar-refractivity contribution in [3.63, 3.8) is 0 Å². The first-order valence-corrected chi connectivity index (χ1v) is 7.46. The summed E-state index contributed by atoms with van der Waals surface area (Å²) in [7, 11) is 0. The van der Waals surface area contributed by atoms with Gasteiger partial charge in [-0.15, -0.1) is 11.3 Å². The number of hydrogen-bond acceptors (Lipinski definition) is 3. The van der Waals surface area contributed by atoms with Gasteiger partial charge in [0.1, 0.15) is 0 Å². The quantitative estimate of drug-likeness (QED) is 0.867. The molecule has 0 radical (unpaired) electrons. The van der Waals surface area contributed by atoms with Gasteiger partial charge in [-0.05, 0) is 19.9 Å². The highest BCUT2D eigenvalue weighted by Crippen LogP contribution is 2.29. The van der Waals surface area contributed by atoms with E-state index in [1.807, 2.05) is 28.5 Å². The van der Waals surface area contributed by atoms with Crippen LogP contribution in [0.4, 0.5) is 0 Å². The van der Waals surface area contributed by atoms with Gasteiger partial charge in [-0.1, -0.05) is 18.2 Å². The minimum atomic E-state index is -0.127. The molecule has 1 saturated heterocycles. The number of hydrogen-bond donors (Lipinski definition) is 1. The molecule has 2 aromatic rings. The van der Waals surface area contributed by atoms with Crippen LogP contribution in [0.2, 0.25) is 0 Å². The molecule has 100 valence electrons. The second-order valence-electron chi connectivity index (χ2n) is 5.59. The predicted octanol–water partition coefficient (Wildman–Crippen LogP) is 2.73. The minimum Gasteiger partial charge on any atom is -0.331 e. The Balaban J connectivity index is 1.99. The van der Waals surface area contributed by atoms with Crippen LogP contribution in [0.15, 0.2) is 29.6 Å². The average Bonchev–Trinajstić information content (AvgIpc) is 2.81. The molecule has 19 heavy (non-hydrogen) atoms. The average molecular weight is 274 g/mol. The smallest absolute Gasteiger partial charge is 0.255 e. The number of thiophene rings is 1. The van der Waals surface area contributed by atoms with Crippen LogP contribution >= 0.6 is 11.3 Å². The summed E-state index contributed by atoms with van der Waals surface area (Å²) in [5, 5.41) is 6.42. The zero-order valence-electron chi connectivity index (χ0n) is 11.3. The van der Waals surface area contributed by atoms with E-state index in [1.54, 1.807) is 11.3 Å². The van der Waals surface area contributed by atoms with Crippen LogP contribution in [-0.4, -0.2) is 36.0 Å². The molecule has 1 aliphatic rings. The first-order chi connectivity index (χ1) is 9.09. The molecule has 1 N–H and O–H groups in total. The van der Waals surface area contributed by atoms with Gasteiger partial charge in [0.2, 0.25) is 0 Å². The van der Waals surface area contributed by atoms with E-state index in [-0.39, 0.29) is 11.4 Å². The third-order valence-corrected chi connectivity index (χ3v) is 4.72. The summed E-state index contributed by atoms with van der Waals surface area (Å²) in [5.74, 6) is 0.156. The molecule has 1 aliphatic heterocycles. The van der Waals surface area contributed by atoms with Crippen molar-refractivity contribution in [3.8, 4) is 0 Å². The second kappa shape index (κ2) is 4.62. The largest absolute Gasteiger partial charge is 0.331 e. The molecule has 0 unspecified atom stereocenters. The Morgan fingerprint density at radius 3 is 2.95 bits per heavy atom. The fourth-order valence-corrected chi connectivity index (χ4v) is 3.58.